The summed E-state index contributed by atoms with van der Waals surface area (Å²) in [5.74, 6) is 0.784. The van der Waals surface area contributed by atoms with Crippen LogP contribution in [0.4, 0.5) is 5.82 Å². The molecule has 4 heteroatoms. The number of hydrogen-bond acceptors (Lipinski definition) is 4. The van der Waals surface area contributed by atoms with Gasteiger partial charge in [-0.2, -0.15) is 0 Å². The number of hydrogen-bond donors (Lipinski definition) is 3. The third-order valence-electron chi connectivity index (χ3n) is 2.46. The van der Waals surface area contributed by atoms with Gasteiger partial charge in [0.1, 0.15) is 0 Å². The van der Waals surface area contributed by atoms with Crippen LogP contribution in [0, 0.1) is 0 Å². The zero-order chi connectivity index (χ0) is 9.80. The highest BCUT2D eigenvalue weighted by Gasteiger charge is 2.13. The van der Waals surface area contributed by atoms with Crippen LogP contribution in [0.3, 0.4) is 0 Å². The number of aromatic nitrogens is 1. The number of rotatable bonds is 3. The van der Waals surface area contributed by atoms with Crippen molar-refractivity contribution in [3.63, 3.8) is 0 Å². The van der Waals surface area contributed by atoms with Gasteiger partial charge in [-0.15, -0.1) is 0 Å². The molecule has 0 radical (unpaired) electrons. The van der Waals surface area contributed by atoms with Crippen molar-refractivity contribution in [2.24, 2.45) is 0 Å². The molecule has 1 atom stereocenters. The predicted octanol–water partition coefficient (Wildman–Crippen LogP) is 0.951. The van der Waals surface area contributed by atoms with Crippen molar-refractivity contribution in [1.82, 2.24) is 10.3 Å². The van der Waals surface area contributed by atoms with E-state index in [1.54, 1.807) is 18.3 Å². The second kappa shape index (κ2) is 4.28. The Morgan fingerprint density at radius 2 is 2.57 bits per heavy atom. The van der Waals surface area contributed by atoms with Gasteiger partial charge in [-0.1, -0.05) is 0 Å². The molecule has 14 heavy (non-hydrogen) atoms. The molecular weight excluding hydrogens is 178 g/mol. The Balaban J connectivity index is 1.88. The van der Waals surface area contributed by atoms with Crippen LogP contribution < -0.4 is 10.6 Å². The van der Waals surface area contributed by atoms with Gasteiger partial charge in [-0.25, -0.2) is 4.98 Å². The predicted molar refractivity (Wildman–Crippen MR) is 55.4 cm³/mol. The number of aromatic hydroxyl groups is 1. The lowest BCUT2D eigenvalue weighted by molar-refractivity contribution is 0.474. The zero-order valence-electron chi connectivity index (χ0n) is 8.03. The van der Waals surface area contributed by atoms with E-state index in [-0.39, 0.29) is 5.75 Å². The summed E-state index contributed by atoms with van der Waals surface area (Å²) in [6, 6.07) is 3.86. The number of anilines is 1. The highest BCUT2D eigenvalue weighted by Crippen LogP contribution is 2.18. The Bertz CT molecular complexity index is 297. The fourth-order valence-corrected chi connectivity index (χ4v) is 1.68. The van der Waals surface area contributed by atoms with E-state index in [1.807, 2.05) is 0 Å². The van der Waals surface area contributed by atoms with Crippen LogP contribution in [0.5, 0.6) is 5.75 Å². The lowest BCUT2D eigenvalue weighted by Crippen LogP contribution is -2.29. The van der Waals surface area contributed by atoms with Crippen molar-refractivity contribution < 1.29 is 5.11 Å². The second-order valence-corrected chi connectivity index (χ2v) is 3.55. The normalized spacial score (nSPS) is 21.0. The maximum Gasteiger partial charge on any atom is 0.168 e. The molecule has 1 aliphatic heterocycles. The zero-order valence-corrected chi connectivity index (χ0v) is 8.03. The van der Waals surface area contributed by atoms with Crippen LogP contribution in [-0.4, -0.2) is 29.2 Å². The van der Waals surface area contributed by atoms with Gasteiger partial charge in [0.2, 0.25) is 0 Å². The van der Waals surface area contributed by atoms with Crippen LogP contribution in [0.15, 0.2) is 18.3 Å². The molecule has 0 aromatic carbocycles. The molecule has 1 aromatic heterocycles. The Labute approximate surface area is 83.4 Å². The van der Waals surface area contributed by atoms with Crippen LogP contribution in [0.25, 0.3) is 0 Å². The van der Waals surface area contributed by atoms with Gasteiger partial charge < -0.3 is 15.7 Å². The molecule has 0 amide bonds. The average Bonchev–Trinajstić information content (AvgIpc) is 2.69. The van der Waals surface area contributed by atoms with E-state index in [4.69, 9.17) is 0 Å². The molecule has 0 unspecified atom stereocenters. The van der Waals surface area contributed by atoms with E-state index >= 15 is 0 Å². The average molecular weight is 193 g/mol. The van der Waals surface area contributed by atoms with E-state index in [9.17, 15) is 5.11 Å². The van der Waals surface area contributed by atoms with Crippen LogP contribution in [0.2, 0.25) is 0 Å². The summed E-state index contributed by atoms with van der Waals surface area (Å²) in [6.45, 7) is 1.92. The number of pyridine rings is 1. The first-order valence-electron chi connectivity index (χ1n) is 4.97. The van der Waals surface area contributed by atoms with Gasteiger partial charge in [-0.05, 0) is 31.5 Å². The van der Waals surface area contributed by atoms with Crippen LogP contribution in [0.1, 0.15) is 12.8 Å². The van der Waals surface area contributed by atoms with E-state index in [2.05, 4.69) is 15.6 Å². The highest BCUT2D eigenvalue weighted by atomic mass is 16.3. The minimum Gasteiger partial charge on any atom is -0.504 e. The Morgan fingerprint density at radius 1 is 1.64 bits per heavy atom. The van der Waals surface area contributed by atoms with Gasteiger partial charge in [0, 0.05) is 18.8 Å². The Kier molecular flexibility index (Phi) is 2.84. The molecule has 76 valence electrons. The molecule has 4 nitrogen and oxygen atoms in total. The molecule has 1 fully saturated rings. The van der Waals surface area contributed by atoms with Crippen molar-refractivity contribution in [1.29, 1.82) is 0 Å². The lowest BCUT2D eigenvalue weighted by Gasteiger charge is -2.12. The molecule has 3 N–H and O–H groups in total. The molecule has 0 aliphatic carbocycles. The SMILES string of the molecule is Oc1cccnc1NC[C@@H]1CCCN1. The Hall–Kier alpha value is -1.29. The van der Waals surface area contributed by atoms with Crippen molar-refractivity contribution in [3.8, 4) is 5.75 Å². The summed E-state index contributed by atoms with van der Waals surface area (Å²) >= 11 is 0. The molecule has 2 heterocycles. The van der Waals surface area contributed by atoms with Crippen molar-refractivity contribution in [2.75, 3.05) is 18.4 Å². The maximum atomic E-state index is 9.44. The molecule has 0 spiro atoms. The molecule has 0 saturated carbocycles. The third-order valence-corrected chi connectivity index (χ3v) is 2.46. The van der Waals surface area contributed by atoms with E-state index in [0.29, 0.717) is 11.9 Å². The summed E-state index contributed by atoms with van der Waals surface area (Å²) in [6.07, 6.45) is 4.10. The Morgan fingerprint density at radius 3 is 3.29 bits per heavy atom. The highest BCUT2D eigenvalue weighted by molar-refractivity contribution is 5.48. The summed E-state index contributed by atoms with van der Waals surface area (Å²) in [5.41, 5.74) is 0. The molecule has 1 aliphatic rings. The smallest absolute Gasteiger partial charge is 0.168 e. The minimum absolute atomic E-state index is 0.213. The molecule has 0 bridgehead atoms. The van der Waals surface area contributed by atoms with Crippen molar-refractivity contribution >= 4 is 5.82 Å². The van der Waals surface area contributed by atoms with E-state index < -0.39 is 0 Å². The largest absolute Gasteiger partial charge is 0.504 e. The van der Waals surface area contributed by atoms with Crippen LogP contribution in [-0.2, 0) is 0 Å². The van der Waals surface area contributed by atoms with Crippen molar-refractivity contribution in [3.05, 3.63) is 18.3 Å². The monoisotopic (exact) mass is 193 g/mol. The minimum atomic E-state index is 0.213. The quantitative estimate of drug-likeness (QED) is 0.669. The fourth-order valence-electron chi connectivity index (χ4n) is 1.68. The van der Waals surface area contributed by atoms with Gasteiger partial charge in [0.05, 0.1) is 0 Å². The van der Waals surface area contributed by atoms with E-state index in [1.165, 1.54) is 12.8 Å². The maximum absolute atomic E-state index is 9.44. The number of nitrogens with zero attached hydrogens (tertiary/aromatic N) is 1. The van der Waals surface area contributed by atoms with Gasteiger partial charge in [-0.3, -0.25) is 0 Å². The first-order chi connectivity index (χ1) is 6.86. The van der Waals surface area contributed by atoms with Crippen molar-refractivity contribution in [2.45, 2.75) is 18.9 Å². The summed E-state index contributed by atoms with van der Waals surface area (Å²) in [4.78, 5) is 4.05. The summed E-state index contributed by atoms with van der Waals surface area (Å²) in [7, 11) is 0. The molecule has 2 rings (SSSR count). The van der Waals surface area contributed by atoms with Gasteiger partial charge in [0.25, 0.3) is 0 Å². The lowest BCUT2D eigenvalue weighted by atomic mass is 10.2. The van der Waals surface area contributed by atoms with Crippen LogP contribution >= 0.6 is 0 Å². The van der Waals surface area contributed by atoms with Gasteiger partial charge >= 0.3 is 0 Å². The molecule has 1 aromatic rings. The second-order valence-electron chi connectivity index (χ2n) is 3.55. The fraction of sp³-hybridized carbons (Fsp3) is 0.500. The first kappa shape index (κ1) is 9.27. The number of nitrogens with one attached hydrogen (secondary N) is 2. The van der Waals surface area contributed by atoms with E-state index in [0.717, 1.165) is 13.1 Å². The molecular formula is C10H15N3O. The van der Waals surface area contributed by atoms with Gasteiger partial charge in [0.15, 0.2) is 11.6 Å². The topological polar surface area (TPSA) is 57.2 Å². The first-order valence-corrected chi connectivity index (χ1v) is 4.97. The standard InChI is InChI=1S/C10H15N3O/c14-9-4-2-6-12-10(9)13-7-8-3-1-5-11-8/h2,4,6,8,11,14H,1,3,5,7H2,(H,12,13)/t8-/m0/s1. The third kappa shape index (κ3) is 2.14. The summed E-state index contributed by atoms with van der Waals surface area (Å²) < 4.78 is 0. The molecule has 1 saturated heterocycles. The summed E-state index contributed by atoms with van der Waals surface area (Å²) in [5, 5.41) is 15.9.